The Bertz CT molecular complexity index is 1020. The molecule has 4 rings (SSSR count). The number of aromatic nitrogens is 2. The minimum Gasteiger partial charge on any atom is -0.343 e. The second kappa shape index (κ2) is 7.85. The maximum Gasteiger partial charge on any atom is 0.251 e. The topological polar surface area (TPSA) is 97.1 Å². The smallest absolute Gasteiger partial charge is 0.251 e. The molecule has 0 saturated heterocycles. The summed E-state index contributed by atoms with van der Waals surface area (Å²) in [5.74, 6) is 0.573. The van der Waals surface area contributed by atoms with Gasteiger partial charge >= 0.3 is 0 Å². The Labute approximate surface area is 165 Å². The molecule has 2 aromatic carbocycles. The van der Waals surface area contributed by atoms with Crippen molar-refractivity contribution in [2.45, 2.75) is 30.0 Å². The summed E-state index contributed by atoms with van der Waals surface area (Å²) in [6.45, 7) is 1.98. The molecule has 1 aromatic heterocycles. The van der Waals surface area contributed by atoms with E-state index >= 15 is 0 Å². The predicted molar refractivity (Wildman–Crippen MR) is 105 cm³/mol. The largest absolute Gasteiger partial charge is 0.343 e. The Morgan fingerprint density at radius 2 is 2.07 bits per heavy atom. The van der Waals surface area contributed by atoms with E-state index in [4.69, 9.17) is 4.52 Å². The Morgan fingerprint density at radius 3 is 2.89 bits per heavy atom. The maximum atomic E-state index is 12.4. The molecule has 0 aliphatic carbocycles. The average molecular weight is 394 g/mol. The first-order valence-electron chi connectivity index (χ1n) is 8.83. The molecule has 1 atom stereocenters. The van der Waals surface area contributed by atoms with E-state index in [2.05, 4.69) is 20.8 Å². The summed E-state index contributed by atoms with van der Waals surface area (Å²) < 4.78 is 5.20. The number of anilines is 1. The highest BCUT2D eigenvalue weighted by molar-refractivity contribution is 8.00. The maximum absolute atomic E-state index is 12.4. The van der Waals surface area contributed by atoms with Crippen LogP contribution in [0.5, 0.6) is 0 Å². The van der Waals surface area contributed by atoms with Crippen LogP contribution in [0.2, 0.25) is 0 Å². The molecule has 2 N–H and O–H groups in total. The first-order valence-corrected chi connectivity index (χ1v) is 9.71. The van der Waals surface area contributed by atoms with Crippen LogP contribution in [0, 0.1) is 0 Å². The highest BCUT2D eigenvalue weighted by Gasteiger charge is 2.23. The summed E-state index contributed by atoms with van der Waals surface area (Å²) in [4.78, 5) is 29.5. The van der Waals surface area contributed by atoms with Gasteiger partial charge in [-0.1, -0.05) is 35.5 Å². The van der Waals surface area contributed by atoms with Crippen LogP contribution in [0.15, 0.2) is 57.9 Å². The molecular formula is C20H18N4O3S. The van der Waals surface area contributed by atoms with Crippen LogP contribution in [0.4, 0.5) is 5.69 Å². The lowest BCUT2D eigenvalue weighted by atomic mass is 10.1. The number of nitrogens with zero attached hydrogens (tertiary/aromatic N) is 2. The molecular weight excluding hydrogens is 376 g/mol. The summed E-state index contributed by atoms with van der Waals surface area (Å²) >= 11 is 1.48. The van der Waals surface area contributed by atoms with Gasteiger partial charge in [0.15, 0.2) is 5.82 Å². The first kappa shape index (κ1) is 18.2. The number of hydrogen-bond acceptors (Lipinski definition) is 6. The third-order valence-electron chi connectivity index (χ3n) is 4.29. The van der Waals surface area contributed by atoms with Gasteiger partial charge in [-0.25, -0.2) is 0 Å². The number of carbonyl (C=O) groups is 2. The van der Waals surface area contributed by atoms with Gasteiger partial charge in [-0.2, -0.15) is 4.98 Å². The van der Waals surface area contributed by atoms with Crippen LogP contribution in [0.3, 0.4) is 0 Å². The summed E-state index contributed by atoms with van der Waals surface area (Å²) in [6, 6.07) is 15.1. The number of carbonyl (C=O) groups excluding carboxylic acids is 2. The van der Waals surface area contributed by atoms with Crippen LogP contribution < -0.4 is 10.6 Å². The summed E-state index contributed by atoms with van der Waals surface area (Å²) in [5, 5.41) is 9.39. The number of fused-ring (bicyclic) bond motifs is 1. The molecule has 8 heteroatoms. The molecule has 0 unspecified atom stereocenters. The molecule has 3 aromatic rings. The number of hydrogen-bond donors (Lipinski definition) is 2. The zero-order valence-electron chi connectivity index (χ0n) is 15.1. The molecule has 1 aliphatic heterocycles. The third kappa shape index (κ3) is 4.07. The van der Waals surface area contributed by atoms with E-state index in [1.807, 2.05) is 43.3 Å². The zero-order chi connectivity index (χ0) is 19.5. The minimum atomic E-state index is -0.275. The first-order chi connectivity index (χ1) is 13.6. The van der Waals surface area contributed by atoms with Gasteiger partial charge in [0, 0.05) is 16.9 Å². The van der Waals surface area contributed by atoms with Gasteiger partial charge in [0.1, 0.15) is 0 Å². The predicted octanol–water partition coefficient (Wildman–Crippen LogP) is 3.02. The van der Waals surface area contributed by atoms with E-state index < -0.39 is 0 Å². The normalized spacial score (nSPS) is 15.6. The Balaban J connectivity index is 1.37. The Hall–Kier alpha value is -3.13. The van der Waals surface area contributed by atoms with Crippen molar-refractivity contribution in [1.82, 2.24) is 15.5 Å². The minimum absolute atomic E-state index is 0.0631. The second-order valence-electron chi connectivity index (χ2n) is 6.41. The van der Waals surface area contributed by atoms with Crippen molar-refractivity contribution >= 4 is 29.3 Å². The number of amides is 2. The molecule has 7 nitrogen and oxygen atoms in total. The van der Waals surface area contributed by atoms with E-state index in [0.717, 1.165) is 10.5 Å². The van der Waals surface area contributed by atoms with Crippen LogP contribution in [-0.4, -0.2) is 27.2 Å². The molecule has 0 radical (unpaired) electrons. The molecule has 1 aliphatic rings. The van der Waals surface area contributed by atoms with Crippen molar-refractivity contribution in [3.63, 3.8) is 0 Å². The van der Waals surface area contributed by atoms with Crippen LogP contribution in [0.1, 0.15) is 34.6 Å². The van der Waals surface area contributed by atoms with Crippen molar-refractivity contribution < 1.29 is 14.1 Å². The van der Waals surface area contributed by atoms with Gasteiger partial charge in [-0.3, -0.25) is 9.59 Å². The molecule has 0 spiro atoms. The molecule has 0 saturated carbocycles. The average Bonchev–Trinajstić information content (AvgIpc) is 3.15. The van der Waals surface area contributed by atoms with E-state index in [9.17, 15) is 9.59 Å². The lowest BCUT2D eigenvalue weighted by molar-refractivity contribution is -0.115. The van der Waals surface area contributed by atoms with Crippen LogP contribution in [0.25, 0.3) is 0 Å². The van der Waals surface area contributed by atoms with E-state index in [0.29, 0.717) is 29.4 Å². The van der Waals surface area contributed by atoms with Gasteiger partial charge < -0.3 is 15.2 Å². The molecule has 0 bridgehead atoms. The molecule has 28 heavy (non-hydrogen) atoms. The summed E-state index contributed by atoms with van der Waals surface area (Å²) in [6.07, 6.45) is 0.568. The monoisotopic (exact) mass is 394 g/mol. The van der Waals surface area contributed by atoms with Gasteiger partial charge in [0.05, 0.1) is 17.5 Å². The Kier molecular flexibility index (Phi) is 5.12. The third-order valence-corrected chi connectivity index (χ3v) is 5.47. The quantitative estimate of drug-likeness (QED) is 0.690. The van der Waals surface area contributed by atoms with Crippen molar-refractivity contribution in [3.8, 4) is 0 Å². The zero-order valence-corrected chi connectivity index (χ0v) is 16.0. The summed E-state index contributed by atoms with van der Waals surface area (Å²) in [5.41, 5.74) is 2.20. The van der Waals surface area contributed by atoms with Gasteiger partial charge in [-0.15, -0.1) is 11.8 Å². The van der Waals surface area contributed by atoms with Crippen molar-refractivity contribution in [2.75, 3.05) is 5.32 Å². The Morgan fingerprint density at radius 1 is 1.25 bits per heavy atom. The highest BCUT2D eigenvalue weighted by atomic mass is 32.2. The van der Waals surface area contributed by atoms with E-state index in [1.165, 1.54) is 11.8 Å². The van der Waals surface area contributed by atoms with Gasteiger partial charge in [0.25, 0.3) is 5.91 Å². The van der Waals surface area contributed by atoms with Crippen LogP contribution in [-0.2, 0) is 17.8 Å². The van der Waals surface area contributed by atoms with Crippen molar-refractivity contribution in [1.29, 1.82) is 0 Å². The number of nitrogens with one attached hydrogen (secondary N) is 2. The lowest BCUT2D eigenvalue weighted by Gasteiger charge is -2.21. The number of thioether (sulfide) groups is 1. The summed E-state index contributed by atoms with van der Waals surface area (Å²) in [7, 11) is 0. The second-order valence-corrected chi connectivity index (χ2v) is 7.79. The van der Waals surface area contributed by atoms with Gasteiger partial charge in [-0.05, 0) is 30.7 Å². The fourth-order valence-corrected chi connectivity index (χ4v) is 3.75. The lowest BCUT2D eigenvalue weighted by Crippen LogP contribution is -2.27. The van der Waals surface area contributed by atoms with E-state index in [-0.39, 0.29) is 23.6 Å². The van der Waals surface area contributed by atoms with Crippen LogP contribution >= 0.6 is 11.8 Å². The fraction of sp³-hybridized carbons (Fsp3) is 0.200. The fourth-order valence-electron chi connectivity index (χ4n) is 2.82. The number of benzene rings is 2. The SMILES string of the molecule is C[C@@H]1Sc2ccc(C(=O)NCc3nc(Cc4ccccc4)no3)cc2NC1=O. The molecule has 2 heterocycles. The molecule has 2 amide bonds. The molecule has 0 fully saturated rings. The van der Waals surface area contributed by atoms with Crippen molar-refractivity contribution in [2.24, 2.45) is 0 Å². The standard InChI is InChI=1S/C20H18N4O3S/c1-12-19(25)22-15-10-14(7-8-16(15)28-12)20(26)21-11-18-23-17(24-27-18)9-13-5-3-2-4-6-13/h2-8,10,12H,9,11H2,1H3,(H,21,26)(H,22,25)/t12-/m0/s1. The van der Waals surface area contributed by atoms with Crippen molar-refractivity contribution in [3.05, 3.63) is 71.4 Å². The van der Waals surface area contributed by atoms with E-state index in [1.54, 1.807) is 12.1 Å². The highest BCUT2D eigenvalue weighted by Crippen LogP contribution is 2.35. The molecule has 142 valence electrons. The number of rotatable bonds is 5. The van der Waals surface area contributed by atoms with Gasteiger partial charge in [0.2, 0.25) is 11.8 Å².